The Balaban J connectivity index is 1.76. The summed E-state index contributed by atoms with van der Waals surface area (Å²) in [7, 11) is -4.10. The molecule has 0 bridgehead atoms. The maximum absolute atomic E-state index is 12.9. The minimum atomic E-state index is -4.10. The number of hydrogen-bond donors (Lipinski definition) is 2. The van der Waals surface area contributed by atoms with E-state index in [0.717, 1.165) is 4.47 Å². The van der Waals surface area contributed by atoms with Gasteiger partial charge < -0.3 is 9.84 Å². The normalized spacial score (nSPS) is 12.8. The molecule has 32 heavy (non-hydrogen) atoms. The molecular formula is C22H21BrN2O5S2. The summed E-state index contributed by atoms with van der Waals surface area (Å²) in [4.78, 5) is 16.1. The molecule has 10 heteroatoms. The summed E-state index contributed by atoms with van der Waals surface area (Å²) < 4.78 is 33.7. The molecule has 1 atom stereocenters. The molecule has 0 saturated heterocycles. The smallest absolute Gasteiger partial charge is 0.323 e. The summed E-state index contributed by atoms with van der Waals surface area (Å²) in [5.41, 5.74) is 0. The highest BCUT2D eigenvalue weighted by molar-refractivity contribution is 9.10. The van der Waals surface area contributed by atoms with Crippen molar-refractivity contribution in [1.82, 2.24) is 9.71 Å². The van der Waals surface area contributed by atoms with Gasteiger partial charge in [-0.05, 0) is 74.5 Å². The third-order valence-corrected chi connectivity index (χ3v) is 7.58. The van der Waals surface area contributed by atoms with Crippen molar-refractivity contribution in [2.75, 3.05) is 0 Å². The van der Waals surface area contributed by atoms with Gasteiger partial charge in [-0.15, -0.1) is 0 Å². The van der Waals surface area contributed by atoms with Crippen LogP contribution in [0.25, 0.3) is 0 Å². The fourth-order valence-corrected chi connectivity index (χ4v) is 5.53. The van der Waals surface area contributed by atoms with Gasteiger partial charge in [0.1, 0.15) is 17.5 Å². The lowest BCUT2D eigenvalue weighted by Gasteiger charge is -2.30. The van der Waals surface area contributed by atoms with E-state index in [-0.39, 0.29) is 4.90 Å². The van der Waals surface area contributed by atoms with Crippen molar-refractivity contribution in [1.29, 1.82) is 0 Å². The van der Waals surface area contributed by atoms with Crippen molar-refractivity contribution in [2.45, 2.75) is 34.6 Å². The summed E-state index contributed by atoms with van der Waals surface area (Å²) in [6, 6.07) is 16.8. The van der Waals surface area contributed by atoms with Gasteiger partial charge in [-0.3, -0.25) is 4.79 Å². The van der Waals surface area contributed by atoms with Gasteiger partial charge in [0.15, 0.2) is 0 Å². The van der Waals surface area contributed by atoms with Crippen molar-refractivity contribution >= 4 is 43.7 Å². The average molecular weight is 537 g/mol. The van der Waals surface area contributed by atoms with E-state index in [2.05, 4.69) is 25.6 Å². The summed E-state index contributed by atoms with van der Waals surface area (Å²) in [5.74, 6) is -0.231. The van der Waals surface area contributed by atoms with Gasteiger partial charge in [0.25, 0.3) is 0 Å². The molecule has 2 aromatic carbocycles. The third kappa shape index (κ3) is 6.32. The molecule has 3 aromatic rings. The number of hydrogen-bond acceptors (Lipinski definition) is 6. The molecule has 0 amide bonds. The van der Waals surface area contributed by atoms with Crippen molar-refractivity contribution in [2.24, 2.45) is 0 Å². The highest BCUT2D eigenvalue weighted by Gasteiger charge is 2.40. The highest BCUT2D eigenvalue weighted by Crippen LogP contribution is 2.35. The first-order valence-electron chi connectivity index (χ1n) is 9.45. The monoisotopic (exact) mass is 536 g/mol. The van der Waals surface area contributed by atoms with Crippen LogP contribution in [0.3, 0.4) is 0 Å². The van der Waals surface area contributed by atoms with E-state index < -0.39 is 26.8 Å². The van der Waals surface area contributed by atoms with Gasteiger partial charge >= 0.3 is 5.97 Å². The van der Waals surface area contributed by atoms with Crippen molar-refractivity contribution in [3.63, 3.8) is 0 Å². The molecule has 2 N–H and O–H groups in total. The van der Waals surface area contributed by atoms with Gasteiger partial charge in [-0.1, -0.05) is 33.8 Å². The number of nitrogens with zero attached hydrogens (tertiary/aromatic N) is 1. The van der Waals surface area contributed by atoms with Crippen molar-refractivity contribution in [3.05, 3.63) is 77.4 Å². The summed E-state index contributed by atoms with van der Waals surface area (Å²) in [6.45, 7) is 3.31. The Hall–Kier alpha value is -2.40. The topological polar surface area (TPSA) is 106 Å². The van der Waals surface area contributed by atoms with Crippen LogP contribution in [0.1, 0.15) is 13.8 Å². The summed E-state index contributed by atoms with van der Waals surface area (Å²) in [5, 5.41) is 10.3. The minimum Gasteiger partial charge on any atom is -0.480 e. The second-order valence-corrected chi connectivity index (χ2v) is 11.6. The zero-order chi connectivity index (χ0) is 23.4. The number of carboxylic acids is 1. The van der Waals surface area contributed by atoms with Crippen LogP contribution in [0.4, 0.5) is 0 Å². The number of nitrogens with one attached hydrogen (secondary N) is 1. The number of aliphatic carboxylic acids is 1. The number of pyridine rings is 1. The maximum atomic E-state index is 12.9. The van der Waals surface area contributed by atoms with Crippen LogP contribution in [0.15, 0.2) is 87.3 Å². The predicted molar refractivity (Wildman–Crippen MR) is 127 cm³/mol. The molecular weight excluding hydrogens is 516 g/mol. The second kappa shape index (κ2) is 10.0. The van der Waals surface area contributed by atoms with Crippen LogP contribution in [0.5, 0.6) is 11.5 Å². The molecule has 7 nitrogen and oxygen atoms in total. The van der Waals surface area contributed by atoms with Crippen molar-refractivity contribution in [3.8, 4) is 11.5 Å². The highest BCUT2D eigenvalue weighted by atomic mass is 79.9. The molecule has 1 aromatic heterocycles. The molecule has 0 aliphatic carbocycles. The summed E-state index contributed by atoms with van der Waals surface area (Å²) >= 11 is 4.53. The van der Waals surface area contributed by atoms with E-state index in [9.17, 15) is 18.3 Å². The predicted octanol–water partition coefficient (Wildman–Crippen LogP) is 4.94. The molecule has 0 saturated carbocycles. The number of aromatic nitrogens is 1. The van der Waals surface area contributed by atoms with Crippen LogP contribution < -0.4 is 9.46 Å². The van der Waals surface area contributed by atoms with E-state index in [1.54, 1.807) is 50.4 Å². The number of thioether (sulfide) groups is 1. The van der Waals surface area contributed by atoms with Gasteiger partial charge in [0.05, 0.1) is 9.92 Å². The zero-order valence-electron chi connectivity index (χ0n) is 17.2. The lowest BCUT2D eigenvalue weighted by molar-refractivity contribution is -0.139. The van der Waals surface area contributed by atoms with Crippen LogP contribution in [-0.4, -0.2) is 35.3 Å². The number of halogens is 1. The third-order valence-electron chi connectivity index (χ3n) is 4.40. The molecule has 0 spiro atoms. The number of benzene rings is 2. The minimum absolute atomic E-state index is 0.0643. The number of carbonyl (C=O) groups is 1. The van der Waals surface area contributed by atoms with Crippen molar-refractivity contribution < 1.29 is 23.1 Å². The second-order valence-electron chi connectivity index (χ2n) is 7.29. The average Bonchev–Trinajstić information content (AvgIpc) is 2.74. The van der Waals surface area contributed by atoms with E-state index in [1.165, 1.54) is 36.0 Å². The fraction of sp³-hybridized carbons (Fsp3) is 0.182. The number of sulfonamides is 1. The Morgan fingerprint density at radius 1 is 1.06 bits per heavy atom. The fourth-order valence-electron chi connectivity index (χ4n) is 2.77. The van der Waals surface area contributed by atoms with E-state index in [1.807, 2.05) is 12.1 Å². The Kier molecular flexibility index (Phi) is 7.60. The molecule has 3 rings (SSSR count). The van der Waals surface area contributed by atoms with Gasteiger partial charge in [-0.25, -0.2) is 13.4 Å². The Morgan fingerprint density at radius 3 is 2.19 bits per heavy atom. The first-order valence-corrected chi connectivity index (χ1v) is 12.5. The van der Waals surface area contributed by atoms with E-state index in [4.69, 9.17) is 4.74 Å². The number of ether oxygens (including phenoxy) is 1. The first-order chi connectivity index (χ1) is 15.1. The van der Waals surface area contributed by atoms with E-state index >= 15 is 0 Å². The summed E-state index contributed by atoms with van der Waals surface area (Å²) in [6.07, 6.45) is 1.59. The van der Waals surface area contributed by atoms with Crippen LogP contribution >= 0.6 is 27.7 Å². The molecule has 168 valence electrons. The quantitative estimate of drug-likeness (QED) is 0.373. The molecule has 0 fully saturated rings. The van der Waals surface area contributed by atoms with Gasteiger partial charge in [0.2, 0.25) is 10.0 Å². The van der Waals surface area contributed by atoms with Crippen LogP contribution in [0.2, 0.25) is 0 Å². The van der Waals surface area contributed by atoms with E-state index in [0.29, 0.717) is 16.5 Å². The Morgan fingerprint density at radius 2 is 1.66 bits per heavy atom. The Bertz CT molecular complexity index is 1170. The van der Waals surface area contributed by atoms with Crippen LogP contribution in [-0.2, 0) is 14.8 Å². The molecule has 0 aliphatic rings. The van der Waals surface area contributed by atoms with Gasteiger partial charge in [0, 0.05) is 15.4 Å². The molecule has 1 heterocycles. The van der Waals surface area contributed by atoms with Crippen LogP contribution in [0, 0.1) is 0 Å². The number of rotatable bonds is 9. The zero-order valence-corrected chi connectivity index (χ0v) is 20.4. The maximum Gasteiger partial charge on any atom is 0.323 e. The molecule has 0 unspecified atom stereocenters. The first kappa shape index (κ1) is 24.2. The lowest BCUT2D eigenvalue weighted by Crippen LogP contribution is -2.52. The number of carboxylic acid groups (broad SMARTS) is 1. The molecule has 0 radical (unpaired) electrons. The lowest BCUT2D eigenvalue weighted by atomic mass is 10.1. The SMILES string of the molecule is CC(C)(Sc1ccccn1)[C@H](NS(=O)(=O)c1ccc(Oc2ccc(Br)cc2)cc1)C(=O)O. The molecule has 0 aliphatic heterocycles. The standard InChI is InChI=1S/C22H21BrN2O5S2/c1-22(2,31-19-5-3-4-14-24-19)20(21(26)27)25-32(28,29)18-12-10-17(11-13-18)30-16-8-6-15(23)7-9-16/h3-14,20,25H,1-2H3,(H,26,27)/t20-/m1/s1. The Labute approximate surface area is 199 Å². The largest absolute Gasteiger partial charge is 0.480 e. The van der Waals surface area contributed by atoms with Gasteiger partial charge in [-0.2, -0.15) is 4.72 Å².